The highest BCUT2D eigenvalue weighted by Crippen LogP contribution is 2.20. The second-order valence-electron chi connectivity index (χ2n) is 3.79. The van der Waals surface area contributed by atoms with Crippen molar-refractivity contribution in [3.8, 4) is 0 Å². The molecule has 0 aliphatic carbocycles. The van der Waals surface area contributed by atoms with Crippen molar-refractivity contribution in [1.29, 1.82) is 0 Å². The van der Waals surface area contributed by atoms with Gasteiger partial charge in [-0.1, -0.05) is 6.92 Å². The third-order valence-corrected chi connectivity index (χ3v) is 2.84. The van der Waals surface area contributed by atoms with Crippen LogP contribution in [-0.2, 0) is 0 Å². The van der Waals surface area contributed by atoms with Gasteiger partial charge in [0.25, 0.3) is 0 Å². The molecule has 0 aromatic carbocycles. The van der Waals surface area contributed by atoms with Crippen molar-refractivity contribution < 1.29 is 4.92 Å². The van der Waals surface area contributed by atoms with E-state index < -0.39 is 6.04 Å². The molecular formula is C8H18N2O2. The van der Waals surface area contributed by atoms with E-state index in [-0.39, 0.29) is 16.4 Å². The van der Waals surface area contributed by atoms with Crippen molar-refractivity contribution in [2.75, 3.05) is 7.05 Å². The summed E-state index contributed by atoms with van der Waals surface area (Å²) in [6.45, 7) is 7.48. The summed E-state index contributed by atoms with van der Waals surface area (Å²) in [7, 11) is 1.82. The van der Waals surface area contributed by atoms with Gasteiger partial charge in [-0.25, -0.2) is 0 Å². The average molecular weight is 174 g/mol. The van der Waals surface area contributed by atoms with Crippen molar-refractivity contribution in [2.24, 2.45) is 5.92 Å². The van der Waals surface area contributed by atoms with Crippen LogP contribution in [0.1, 0.15) is 27.7 Å². The molecule has 2 atom stereocenters. The molecule has 0 amide bonds. The Bertz CT molecular complexity index is 168. The van der Waals surface area contributed by atoms with E-state index in [0.717, 1.165) is 0 Å². The zero-order valence-electron chi connectivity index (χ0n) is 8.42. The van der Waals surface area contributed by atoms with E-state index in [4.69, 9.17) is 0 Å². The molecule has 0 rings (SSSR count). The topological polar surface area (TPSA) is 55.2 Å². The van der Waals surface area contributed by atoms with Crippen LogP contribution < -0.4 is 5.32 Å². The van der Waals surface area contributed by atoms with E-state index in [1.54, 1.807) is 6.92 Å². The average Bonchev–Trinajstić information content (AvgIpc) is 2.01. The molecule has 0 spiro atoms. The maximum atomic E-state index is 10.5. The number of nitrogens with one attached hydrogen (secondary N) is 1. The molecule has 0 saturated carbocycles. The summed E-state index contributed by atoms with van der Waals surface area (Å²) in [5, 5.41) is 13.6. The Morgan fingerprint density at radius 3 is 2.08 bits per heavy atom. The molecule has 0 aliphatic rings. The Balaban J connectivity index is 4.37. The van der Waals surface area contributed by atoms with E-state index in [2.05, 4.69) is 5.32 Å². The number of hydrogen-bond donors (Lipinski definition) is 1. The smallest absolute Gasteiger partial charge is 0.214 e. The highest BCUT2D eigenvalue weighted by Gasteiger charge is 2.34. The highest BCUT2D eigenvalue weighted by atomic mass is 16.6. The minimum absolute atomic E-state index is 0.0116. The Kier molecular flexibility index (Phi) is 3.64. The fourth-order valence-electron chi connectivity index (χ4n) is 1.01. The zero-order valence-corrected chi connectivity index (χ0v) is 8.42. The van der Waals surface area contributed by atoms with Crippen molar-refractivity contribution in [3.05, 3.63) is 10.1 Å². The molecule has 0 radical (unpaired) electrons. The Labute approximate surface area is 73.5 Å². The lowest BCUT2D eigenvalue weighted by Gasteiger charge is -2.31. The molecule has 4 nitrogen and oxygen atoms in total. The molecule has 1 N–H and O–H groups in total. The van der Waals surface area contributed by atoms with Gasteiger partial charge in [-0.3, -0.25) is 10.1 Å². The minimum atomic E-state index is -0.507. The van der Waals surface area contributed by atoms with E-state index in [1.165, 1.54) is 0 Å². The summed E-state index contributed by atoms with van der Waals surface area (Å²) in [6.07, 6.45) is 0. The molecule has 12 heavy (non-hydrogen) atoms. The van der Waals surface area contributed by atoms with Gasteiger partial charge >= 0.3 is 0 Å². The Morgan fingerprint density at radius 1 is 1.42 bits per heavy atom. The summed E-state index contributed by atoms with van der Waals surface area (Å²) >= 11 is 0. The molecule has 0 bridgehead atoms. The molecular weight excluding hydrogens is 156 g/mol. The SMILES string of the molecule is CNC(C)(C)C(C)C(C)[N+](=O)[O-]. The first-order valence-corrected chi connectivity index (χ1v) is 4.15. The van der Waals surface area contributed by atoms with Crippen molar-refractivity contribution in [2.45, 2.75) is 39.3 Å². The van der Waals surface area contributed by atoms with Crippen LogP contribution in [0.3, 0.4) is 0 Å². The molecule has 0 saturated heterocycles. The van der Waals surface area contributed by atoms with Crippen molar-refractivity contribution in [1.82, 2.24) is 5.32 Å². The second kappa shape index (κ2) is 3.85. The van der Waals surface area contributed by atoms with Gasteiger partial charge in [0, 0.05) is 23.3 Å². The first kappa shape index (κ1) is 11.4. The zero-order chi connectivity index (χ0) is 9.94. The monoisotopic (exact) mass is 174 g/mol. The maximum Gasteiger partial charge on any atom is 0.214 e. The number of rotatable bonds is 4. The summed E-state index contributed by atoms with van der Waals surface area (Å²) in [5.74, 6) is 0.0116. The first-order valence-electron chi connectivity index (χ1n) is 4.15. The number of nitrogens with zero attached hydrogens (tertiary/aromatic N) is 1. The second-order valence-corrected chi connectivity index (χ2v) is 3.79. The Morgan fingerprint density at radius 2 is 1.83 bits per heavy atom. The van der Waals surface area contributed by atoms with E-state index in [9.17, 15) is 10.1 Å². The van der Waals surface area contributed by atoms with Gasteiger partial charge in [0.05, 0.1) is 0 Å². The quantitative estimate of drug-likeness (QED) is 0.516. The van der Waals surface area contributed by atoms with Crippen LogP contribution >= 0.6 is 0 Å². The van der Waals surface area contributed by atoms with E-state index in [0.29, 0.717) is 0 Å². The van der Waals surface area contributed by atoms with Gasteiger partial charge in [-0.2, -0.15) is 0 Å². The lowest BCUT2D eigenvalue weighted by Crippen LogP contribution is -2.48. The van der Waals surface area contributed by atoms with Crippen molar-refractivity contribution >= 4 is 0 Å². The van der Waals surface area contributed by atoms with Crippen LogP contribution in [0.2, 0.25) is 0 Å². The molecule has 0 aliphatic heterocycles. The largest absolute Gasteiger partial charge is 0.314 e. The van der Waals surface area contributed by atoms with Gasteiger partial charge in [0.1, 0.15) is 0 Å². The highest BCUT2D eigenvalue weighted by molar-refractivity contribution is 4.84. The molecule has 4 heteroatoms. The third-order valence-electron chi connectivity index (χ3n) is 2.84. The van der Waals surface area contributed by atoms with Gasteiger partial charge in [0.15, 0.2) is 0 Å². The summed E-state index contributed by atoms with van der Waals surface area (Å²) in [5.41, 5.74) is -0.188. The molecule has 72 valence electrons. The molecule has 0 aromatic rings. The van der Waals surface area contributed by atoms with Crippen LogP contribution in [-0.4, -0.2) is 23.6 Å². The minimum Gasteiger partial charge on any atom is -0.314 e. The number of hydrogen-bond acceptors (Lipinski definition) is 3. The van der Waals surface area contributed by atoms with Crippen LogP contribution in [0, 0.1) is 16.0 Å². The lowest BCUT2D eigenvalue weighted by atomic mass is 9.84. The van der Waals surface area contributed by atoms with Crippen LogP contribution in [0.5, 0.6) is 0 Å². The third kappa shape index (κ3) is 2.44. The standard InChI is InChI=1S/C8H18N2O2/c1-6(7(2)10(11)12)8(3,4)9-5/h6-7,9H,1-5H3. The summed E-state index contributed by atoms with van der Waals surface area (Å²) in [4.78, 5) is 10.2. The van der Waals surface area contributed by atoms with E-state index in [1.807, 2.05) is 27.8 Å². The van der Waals surface area contributed by atoms with Crippen LogP contribution in [0.25, 0.3) is 0 Å². The fraction of sp³-hybridized carbons (Fsp3) is 1.00. The van der Waals surface area contributed by atoms with E-state index >= 15 is 0 Å². The molecule has 0 fully saturated rings. The van der Waals surface area contributed by atoms with Gasteiger partial charge < -0.3 is 5.32 Å². The lowest BCUT2D eigenvalue weighted by molar-refractivity contribution is -0.529. The number of nitro groups is 1. The molecule has 0 heterocycles. The van der Waals surface area contributed by atoms with Crippen LogP contribution in [0.15, 0.2) is 0 Å². The fourth-order valence-corrected chi connectivity index (χ4v) is 1.01. The predicted octanol–water partition coefficient (Wildman–Crippen LogP) is 1.29. The normalized spacial score (nSPS) is 17.1. The predicted molar refractivity (Wildman–Crippen MR) is 48.8 cm³/mol. The van der Waals surface area contributed by atoms with Crippen molar-refractivity contribution in [3.63, 3.8) is 0 Å². The summed E-state index contributed by atoms with van der Waals surface area (Å²) < 4.78 is 0. The Hall–Kier alpha value is -0.640. The van der Waals surface area contributed by atoms with Crippen LogP contribution in [0.4, 0.5) is 0 Å². The summed E-state index contributed by atoms with van der Waals surface area (Å²) in [6, 6.07) is -0.507. The molecule has 2 unspecified atom stereocenters. The van der Waals surface area contributed by atoms with Gasteiger partial charge in [-0.05, 0) is 20.9 Å². The van der Waals surface area contributed by atoms with Gasteiger partial charge in [-0.15, -0.1) is 0 Å². The molecule has 0 aromatic heterocycles. The first-order chi connectivity index (χ1) is 5.33. The maximum absolute atomic E-state index is 10.5. The van der Waals surface area contributed by atoms with Gasteiger partial charge in [0.2, 0.25) is 6.04 Å².